The first-order valence-electron chi connectivity index (χ1n) is 7.42. The molecule has 0 fully saturated rings. The molecular formula is C17H18N2O4S. The van der Waals surface area contributed by atoms with Gasteiger partial charge in [-0.05, 0) is 18.6 Å². The van der Waals surface area contributed by atoms with E-state index in [4.69, 9.17) is 9.47 Å². The molecule has 1 aromatic heterocycles. The summed E-state index contributed by atoms with van der Waals surface area (Å²) in [6, 6.07) is 9.44. The van der Waals surface area contributed by atoms with Crippen LogP contribution < -0.4 is 5.32 Å². The number of carbonyl (C=O) groups is 2. The van der Waals surface area contributed by atoms with E-state index in [-0.39, 0.29) is 18.8 Å². The van der Waals surface area contributed by atoms with E-state index in [1.165, 1.54) is 11.3 Å². The van der Waals surface area contributed by atoms with Gasteiger partial charge in [0.15, 0.2) is 5.69 Å². The highest BCUT2D eigenvalue weighted by Crippen LogP contribution is 2.16. The average Bonchev–Trinajstić information content (AvgIpc) is 3.07. The zero-order chi connectivity index (χ0) is 17.2. The van der Waals surface area contributed by atoms with Gasteiger partial charge in [-0.25, -0.2) is 14.6 Å². The molecule has 0 saturated heterocycles. The minimum atomic E-state index is -0.501. The van der Waals surface area contributed by atoms with Crippen molar-refractivity contribution in [3.05, 3.63) is 58.1 Å². The second-order valence-electron chi connectivity index (χ2n) is 4.63. The molecule has 0 saturated carbocycles. The van der Waals surface area contributed by atoms with Crippen LogP contribution >= 0.6 is 11.3 Å². The fraction of sp³-hybridized carbons (Fsp3) is 0.235. The lowest BCUT2D eigenvalue weighted by Gasteiger charge is -2.05. The summed E-state index contributed by atoms with van der Waals surface area (Å²) in [6.45, 7) is 2.55. The highest BCUT2D eigenvalue weighted by molar-refractivity contribution is 7.10. The summed E-state index contributed by atoms with van der Waals surface area (Å²) in [5.41, 5.74) is 2.78. The maximum Gasteiger partial charge on any atom is 0.407 e. The molecule has 0 aliphatic rings. The number of aromatic nitrogens is 1. The Morgan fingerprint density at radius 3 is 2.79 bits per heavy atom. The van der Waals surface area contributed by atoms with Crippen LogP contribution in [0.1, 0.15) is 27.9 Å². The van der Waals surface area contributed by atoms with Crippen molar-refractivity contribution >= 4 is 29.5 Å². The van der Waals surface area contributed by atoms with Gasteiger partial charge < -0.3 is 14.8 Å². The summed E-state index contributed by atoms with van der Waals surface area (Å²) in [5, 5.41) is 2.61. The lowest BCUT2D eigenvalue weighted by Crippen LogP contribution is -2.24. The molecule has 0 aliphatic heterocycles. The lowest BCUT2D eigenvalue weighted by atomic mass is 10.2. The Hall–Kier alpha value is -2.67. The third kappa shape index (κ3) is 5.51. The number of alkyl carbamates (subject to hydrolysis) is 1. The molecule has 126 valence electrons. The summed E-state index contributed by atoms with van der Waals surface area (Å²) in [6.07, 6.45) is 2.94. The van der Waals surface area contributed by atoms with Crippen LogP contribution in [-0.4, -0.2) is 30.2 Å². The van der Waals surface area contributed by atoms with Gasteiger partial charge in [0.25, 0.3) is 0 Å². The number of thiazole rings is 1. The Kier molecular flexibility index (Phi) is 6.97. The summed E-state index contributed by atoms with van der Waals surface area (Å²) in [5.74, 6) is -0.450. The predicted molar refractivity (Wildman–Crippen MR) is 91.7 cm³/mol. The van der Waals surface area contributed by atoms with E-state index in [9.17, 15) is 9.59 Å². The van der Waals surface area contributed by atoms with Gasteiger partial charge in [0.1, 0.15) is 6.61 Å². The van der Waals surface area contributed by atoms with E-state index < -0.39 is 12.1 Å². The number of ether oxygens (including phenoxy) is 2. The molecule has 1 N–H and O–H groups in total. The second kappa shape index (κ2) is 9.46. The highest BCUT2D eigenvalue weighted by atomic mass is 32.1. The highest BCUT2D eigenvalue weighted by Gasteiger charge is 2.13. The van der Waals surface area contributed by atoms with Crippen molar-refractivity contribution < 1.29 is 19.1 Å². The number of nitrogens with zero attached hydrogens (tertiary/aromatic N) is 1. The van der Waals surface area contributed by atoms with Gasteiger partial charge >= 0.3 is 12.1 Å². The van der Waals surface area contributed by atoms with E-state index >= 15 is 0 Å². The third-order valence-corrected chi connectivity index (χ3v) is 3.70. The summed E-state index contributed by atoms with van der Waals surface area (Å²) in [4.78, 5) is 28.0. The largest absolute Gasteiger partial charge is 0.461 e. The Bertz CT molecular complexity index is 698. The van der Waals surface area contributed by atoms with Crippen LogP contribution in [-0.2, 0) is 16.1 Å². The molecule has 0 unspecified atom stereocenters. The summed E-state index contributed by atoms with van der Waals surface area (Å²) in [7, 11) is 0. The van der Waals surface area contributed by atoms with Crippen LogP contribution in [0, 0.1) is 0 Å². The van der Waals surface area contributed by atoms with Crippen molar-refractivity contribution in [2.24, 2.45) is 0 Å². The molecule has 0 bridgehead atoms. The maximum atomic E-state index is 11.7. The fourth-order valence-corrected chi connectivity index (χ4v) is 2.50. The molecule has 0 atom stereocenters. The summed E-state index contributed by atoms with van der Waals surface area (Å²) < 4.78 is 10.0. The molecule has 24 heavy (non-hydrogen) atoms. The molecule has 0 radical (unpaired) electrons. The molecule has 2 aromatic rings. The van der Waals surface area contributed by atoms with E-state index in [1.807, 2.05) is 30.3 Å². The van der Waals surface area contributed by atoms with Gasteiger partial charge in [-0.2, -0.15) is 0 Å². The normalized spacial score (nSPS) is 10.5. The Morgan fingerprint density at radius 2 is 2.04 bits per heavy atom. The van der Waals surface area contributed by atoms with Crippen LogP contribution in [0.4, 0.5) is 4.79 Å². The number of esters is 1. The molecule has 0 spiro atoms. The Morgan fingerprint density at radius 1 is 1.25 bits per heavy atom. The number of hydrogen-bond acceptors (Lipinski definition) is 6. The molecule has 2 rings (SSSR count). The van der Waals surface area contributed by atoms with Crippen LogP contribution in [0.2, 0.25) is 0 Å². The van der Waals surface area contributed by atoms with Crippen LogP contribution in [0.15, 0.2) is 41.9 Å². The first-order valence-corrected chi connectivity index (χ1v) is 8.30. The van der Waals surface area contributed by atoms with E-state index in [0.717, 1.165) is 5.56 Å². The van der Waals surface area contributed by atoms with Crippen molar-refractivity contribution in [1.29, 1.82) is 0 Å². The topological polar surface area (TPSA) is 77.5 Å². The molecule has 1 amide bonds. The molecule has 1 heterocycles. The monoisotopic (exact) mass is 346 g/mol. The van der Waals surface area contributed by atoms with E-state index in [0.29, 0.717) is 11.5 Å². The smallest absolute Gasteiger partial charge is 0.407 e. The third-order valence-electron chi connectivity index (χ3n) is 2.91. The van der Waals surface area contributed by atoms with Crippen LogP contribution in [0.3, 0.4) is 0 Å². The minimum Gasteiger partial charge on any atom is -0.461 e. The molecule has 0 aliphatic carbocycles. The molecule has 6 nitrogen and oxygen atoms in total. The standard InChI is InChI=1S/C17H18N2O4S/c1-2-22-16(20)15-14(24-12-19-15)9-6-10-18-17(21)23-11-13-7-4-3-5-8-13/h3-9,12H,2,10-11H2,1H3,(H,18,21). The van der Waals surface area contributed by atoms with Crippen LogP contribution in [0.5, 0.6) is 0 Å². The van der Waals surface area contributed by atoms with E-state index in [1.54, 1.807) is 24.6 Å². The van der Waals surface area contributed by atoms with Gasteiger partial charge in [-0.1, -0.05) is 36.4 Å². The summed E-state index contributed by atoms with van der Waals surface area (Å²) >= 11 is 1.33. The lowest BCUT2D eigenvalue weighted by molar-refractivity contribution is 0.0520. The predicted octanol–water partition coefficient (Wildman–Crippen LogP) is 3.26. The minimum absolute atomic E-state index is 0.220. The fourth-order valence-electron chi connectivity index (χ4n) is 1.81. The number of carbonyl (C=O) groups excluding carboxylic acids is 2. The van der Waals surface area contributed by atoms with Crippen molar-refractivity contribution in [2.75, 3.05) is 13.2 Å². The van der Waals surface area contributed by atoms with Gasteiger partial charge in [0.05, 0.1) is 17.0 Å². The first-order chi connectivity index (χ1) is 11.7. The molecule has 7 heteroatoms. The van der Waals surface area contributed by atoms with Gasteiger partial charge in [0.2, 0.25) is 0 Å². The molecule has 1 aromatic carbocycles. The number of hydrogen-bond donors (Lipinski definition) is 1. The van der Waals surface area contributed by atoms with Gasteiger partial charge in [-0.3, -0.25) is 0 Å². The zero-order valence-corrected chi connectivity index (χ0v) is 14.0. The quantitative estimate of drug-likeness (QED) is 0.779. The second-order valence-corrected chi connectivity index (χ2v) is 5.52. The SMILES string of the molecule is CCOC(=O)c1ncsc1C=CCNC(=O)OCc1ccccc1. The van der Waals surface area contributed by atoms with Crippen molar-refractivity contribution in [1.82, 2.24) is 10.3 Å². The Labute approximate surface area is 144 Å². The number of benzene rings is 1. The zero-order valence-electron chi connectivity index (χ0n) is 13.2. The number of nitrogens with one attached hydrogen (secondary N) is 1. The van der Waals surface area contributed by atoms with Crippen molar-refractivity contribution in [2.45, 2.75) is 13.5 Å². The average molecular weight is 346 g/mol. The van der Waals surface area contributed by atoms with Crippen molar-refractivity contribution in [3.8, 4) is 0 Å². The van der Waals surface area contributed by atoms with Crippen molar-refractivity contribution in [3.63, 3.8) is 0 Å². The first kappa shape index (κ1) is 17.7. The molecular weight excluding hydrogens is 328 g/mol. The van der Waals surface area contributed by atoms with E-state index in [2.05, 4.69) is 10.3 Å². The number of rotatable bonds is 7. The maximum absolute atomic E-state index is 11.7. The van der Waals surface area contributed by atoms with Gasteiger partial charge in [0, 0.05) is 6.54 Å². The van der Waals surface area contributed by atoms with Crippen LogP contribution in [0.25, 0.3) is 6.08 Å². The van der Waals surface area contributed by atoms with Gasteiger partial charge in [-0.15, -0.1) is 11.3 Å². The Balaban J connectivity index is 1.75. The number of amides is 1.